The first-order valence-corrected chi connectivity index (χ1v) is 6.21. The third kappa shape index (κ3) is 7.12. The summed E-state index contributed by atoms with van der Waals surface area (Å²) in [7, 11) is 1.53. The summed E-state index contributed by atoms with van der Waals surface area (Å²) in [4.78, 5) is 0. The fraction of sp³-hybridized carbons (Fsp3) is 0.500. The smallest absolute Gasteiger partial charge is 0.0195 e. The summed E-state index contributed by atoms with van der Waals surface area (Å²) in [5.41, 5.74) is 0. The van der Waals surface area contributed by atoms with Crippen LogP contribution in [0.3, 0.4) is 0 Å². The van der Waals surface area contributed by atoms with Crippen LogP contribution in [0.15, 0.2) is 0 Å². The van der Waals surface area contributed by atoms with Gasteiger partial charge in [-0.05, 0) is 14.2 Å². The third-order valence-corrected chi connectivity index (χ3v) is 1.61. The van der Waals surface area contributed by atoms with Crippen LogP contribution >= 0.6 is 46.1 Å². The van der Waals surface area contributed by atoms with Gasteiger partial charge in [0.25, 0.3) is 0 Å². The van der Waals surface area contributed by atoms with Gasteiger partial charge in [0, 0.05) is 33.0 Å². The molecule has 3 heteroatoms. The highest BCUT2D eigenvalue weighted by Gasteiger charge is 1.68. The van der Waals surface area contributed by atoms with Crippen molar-refractivity contribution >= 4 is 46.1 Å². The van der Waals surface area contributed by atoms with Gasteiger partial charge in [-0.25, -0.2) is 0 Å². The molecule has 0 rings (SSSR count). The molecule has 0 N–H and O–H groups in total. The Morgan fingerprint density at radius 3 is 2.86 bits per heavy atom. The molecule has 7 heavy (non-hydrogen) atoms. The summed E-state index contributed by atoms with van der Waals surface area (Å²) in [5, 5.41) is 3.86. The van der Waals surface area contributed by atoms with Crippen LogP contribution in [0.4, 0.5) is 0 Å². The lowest BCUT2D eigenvalue weighted by Gasteiger charge is -1.71. The molecule has 0 saturated heterocycles. The van der Waals surface area contributed by atoms with E-state index in [1.54, 1.807) is 0 Å². The first-order valence-electron chi connectivity index (χ1n) is 1.73. The van der Waals surface area contributed by atoms with Gasteiger partial charge in [0.05, 0.1) is 0 Å². The maximum atomic E-state index is 3.27. The minimum Gasteiger partial charge on any atom is -0.0918 e. The van der Waals surface area contributed by atoms with Crippen molar-refractivity contribution in [2.75, 3.05) is 5.33 Å². The molecule has 0 aromatic rings. The van der Waals surface area contributed by atoms with Gasteiger partial charge in [-0.15, -0.1) is 0 Å². The first kappa shape index (κ1) is 8.12. The summed E-state index contributed by atoms with van der Waals surface area (Å²) in [6.07, 6.45) is 0.954. The SMILES string of the molecule is BrCCC#CSI. The zero-order valence-electron chi connectivity index (χ0n) is 3.58. The molecule has 0 spiro atoms. The largest absolute Gasteiger partial charge is 0.0918 e. The first-order chi connectivity index (χ1) is 3.41. The van der Waals surface area contributed by atoms with E-state index in [9.17, 15) is 0 Å². The van der Waals surface area contributed by atoms with Crippen molar-refractivity contribution in [1.29, 1.82) is 0 Å². The summed E-state index contributed by atoms with van der Waals surface area (Å²) < 4.78 is 0. The highest BCUT2D eigenvalue weighted by molar-refractivity contribution is 14.2. The summed E-state index contributed by atoms with van der Waals surface area (Å²) >= 11 is 5.42. The maximum Gasteiger partial charge on any atom is 0.0195 e. The van der Waals surface area contributed by atoms with Crippen LogP contribution in [-0.4, -0.2) is 5.33 Å². The number of rotatable bonds is 1. The Morgan fingerprint density at radius 2 is 2.43 bits per heavy atom. The molecule has 0 fully saturated rings. The van der Waals surface area contributed by atoms with E-state index in [0.717, 1.165) is 11.8 Å². The predicted molar refractivity (Wildman–Crippen MR) is 47.8 cm³/mol. The number of hydrogen-bond acceptors (Lipinski definition) is 1. The topological polar surface area (TPSA) is 0 Å². The van der Waals surface area contributed by atoms with Crippen LogP contribution in [0.2, 0.25) is 0 Å². The zero-order chi connectivity index (χ0) is 5.54. The molecule has 0 aliphatic carbocycles. The molecule has 0 heterocycles. The van der Waals surface area contributed by atoms with Crippen LogP contribution < -0.4 is 0 Å². The second-order valence-corrected chi connectivity index (χ2v) is 3.27. The quantitative estimate of drug-likeness (QED) is 0.407. The van der Waals surface area contributed by atoms with E-state index in [2.05, 4.69) is 48.3 Å². The predicted octanol–water partition coefficient (Wildman–Crippen LogP) is 2.82. The molecule has 0 aromatic carbocycles. The highest BCUT2D eigenvalue weighted by atomic mass is 127. The van der Waals surface area contributed by atoms with E-state index in [4.69, 9.17) is 0 Å². The Bertz CT molecular complexity index is 83.4. The van der Waals surface area contributed by atoms with Crippen molar-refractivity contribution in [3.8, 4) is 11.2 Å². The van der Waals surface area contributed by atoms with Crippen LogP contribution in [0.5, 0.6) is 0 Å². The lowest BCUT2D eigenvalue weighted by molar-refractivity contribution is 1.32. The Hall–Kier alpha value is 1.12. The van der Waals surface area contributed by atoms with Gasteiger partial charge in [-0.2, -0.15) is 0 Å². The molecule has 0 aliphatic rings. The van der Waals surface area contributed by atoms with Crippen molar-refractivity contribution < 1.29 is 0 Å². The Balaban J connectivity index is 2.91. The summed E-state index contributed by atoms with van der Waals surface area (Å²) in [5.74, 6) is 2.94. The molecule has 0 amide bonds. The Labute approximate surface area is 68.5 Å². The van der Waals surface area contributed by atoms with E-state index in [1.807, 2.05) is 0 Å². The van der Waals surface area contributed by atoms with E-state index in [1.165, 1.54) is 8.93 Å². The van der Waals surface area contributed by atoms with E-state index in [0.29, 0.717) is 0 Å². The van der Waals surface area contributed by atoms with Gasteiger partial charge < -0.3 is 0 Å². The lowest BCUT2D eigenvalue weighted by Crippen LogP contribution is -1.61. The molecule has 0 aromatic heterocycles. The van der Waals surface area contributed by atoms with Gasteiger partial charge in [0.1, 0.15) is 0 Å². The van der Waals surface area contributed by atoms with Crippen molar-refractivity contribution in [3.05, 3.63) is 0 Å². The third-order valence-electron chi connectivity index (χ3n) is 0.330. The minimum atomic E-state index is 0.954. The van der Waals surface area contributed by atoms with Crippen molar-refractivity contribution in [2.24, 2.45) is 0 Å². The number of alkyl halides is 1. The average Bonchev–Trinajstić information content (AvgIpc) is 1.69. The molecular formula is C4H4BrIS. The summed E-state index contributed by atoms with van der Waals surface area (Å²) in [6, 6.07) is 0. The van der Waals surface area contributed by atoms with Crippen LogP contribution in [0, 0.1) is 11.2 Å². The fourth-order valence-electron chi connectivity index (χ4n) is 0.126. The van der Waals surface area contributed by atoms with Gasteiger partial charge in [-0.1, -0.05) is 21.9 Å². The molecule has 0 saturated carbocycles. The minimum absolute atomic E-state index is 0.954. The standard InChI is InChI=1S/C4H4BrIS/c5-3-1-2-4-7-6/h1,3H2. The zero-order valence-corrected chi connectivity index (χ0v) is 8.14. The summed E-state index contributed by atoms with van der Waals surface area (Å²) in [6.45, 7) is 0. The molecule has 40 valence electrons. The van der Waals surface area contributed by atoms with Crippen molar-refractivity contribution in [3.63, 3.8) is 0 Å². The second-order valence-electron chi connectivity index (χ2n) is 0.795. The lowest BCUT2D eigenvalue weighted by atomic mass is 10.5. The maximum absolute atomic E-state index is 3.27. The van der Waals surface area contributed by atoms with Crippen LogP contribution in [0.1, 0.15) is 6.42 Å². The Kier molecular flexibility index (Phi) is 8.26. The van der Waals surface area contributed by atoms with E-state index < -0.39 is 0 Å². The normalized spacial score (nSPS) is 7.14. The molecule has 0 atom stereocenters. The second kappa shape index (κ2) is 7.12. The van der Waals surface area contributed by atoms with Crippen molar-refractivity contribution in [1.82, 2.24) is 0 Å². The molecule has 0 nitrogen and oxygen atoms in total. The highest BCUT2D eigenvalue weighted by Crippen LogP contribution is 2.06. The Morgan fingerprint density at radius 1 is 1.71 bits per heavy atom. The molecular weight excluding hydrogens is 287 g/mol. The van der Waals surface area contributed by atoms with E-state index >= 15 is 0 Å². The molecule has 0 radical (unpaired) electrons. The number of hydrogen-bond donors (Lipinski definition) is 0. The van der Waals surface area contributed by atoms with Crippen molar-refractivity contribution in [2.45, 2.75) is 6.42 Å². The fourth-order valence-corrected chi connectivity index (χ4v) is 0.948. The van der Waals surface area contributed by atoms with Crippen LogP contribution in [-0.2, 0) is 0 Å². The van der Waals surface area contributed by atoms with Gasteiger partial charge in [0.2, 0.25) is 0 Å². The monoisotopic (exact) mass is 290 g/mol. The van der Waals surface area contributed by atoms with Crippen LogP contribution in [0.25, 0.3) is 0 Å². The molecule has 0 bridgehead atoms. The number of halogens is 2. The molecule has 0 unspecified atom stereocenters. The van der Waals surface area contributed by atoms with Gasteiger partial charge in [-0.3, -0.25) is 0 Å². The van der Waals surface area contributed by atoms with Gasteiger partial charge >= 0.3 is 0 Å². The van der Waals surface area contributed by atoms with E-state index in [-0.39, 0.29) is 0 Å². The average molecular weight is 291 g/mol. The van der Waals surface area contributed by atoms with Gasteiger partial charge in [0.15, 0.2) is 0 Å². The molecule has 0 aliphatic heterocycles.